The highest BCUT2D eigenvalue weighted by Crippen LogP contribution is 2.25. The Hall–Kier alpha value is -2.98. The van der Waals surface area contributed by atoms with Crippen molar-refractivity contribution in [2.24, 2.45) is 5.10 Å². The van der Waals surface area contributed by atoms with Crippen LogP contribution in [0.1, 0.15) is 6.42 Å². The van der Waals surface area contributed by atoms with Crippen LogP contribution in [0.15, 0.2) is 73.8 Å². The topological polar surface area (TPSA) is 101 Å². The molecule has 0 bridgehead atoms. The predicted octanol–water partition coefficient (Wildman–Crippen LogP) is 3.46. The van der Waals surface area contributed by atoms with Crippen molar-refractivity contribution in [3.8, 4) is 11.5 Å². The fraction of sp³-hybridized carbons (Fsp3) is 0.105. The monoisotopic (exact) mass is 471 g/mol. The number of nitrogens with one attached hydrogen (secondary N) is 1. The average molecular weight is 472 g/mol. The quantitative estimate of drug-likeness (QED) is 0.571. The highest BCUT2D eigenvalue weighted by molar-refractivity contribution is 9.10. The van der Waals surface area contributed by atoms with Crippen LogP contribution in [0.2, 0.25) is 0 Å². The molecule has 1 N–H and O–H groups in total. The first kappa shape index (κ1) is 19.3. The number of halogens is 1. The van der Waals surface area contributed by atoms with E-state index < -0.39 is 0 Å². The number of hydrogen-bond donors (Lipinski definition) is 1. The van der Waals surface area contributed by atoms with E-state index in [0.29, 0.717) is 17.4 Å². The molecule has 0 atom stereocenters. The molecule has 10 heteroatoms. The summed E-state index contributed by atoms with van der Waals surface area (Å²) >= 11 is 4.51. The molecule has 1 aliphatic rings. The van der Waals surface area contributed by atoms with E-state index in [9.17, 15) is 9.59 Å². The zero-order valence-corrected chi connectivity index (χ0v) is 17.3. The van der Waals surface area contributed by atoms with Crippen LogP contribution in [-0.4, -0.2) is 33.6 Å². The number of carbonyl (C=O) groups is 2. The van der Waals surface area contributed by atoms with Gasteiger partial charge in [-0.1, -0.05) is 52.0 Å². The fourth-order valence-electron chi connectivity index (χ4n) is 2.60. The molecular formula is C19H14BrN5O3S. The molecule has 29 heavy (non-hydrogen) atoms. The second kappa shape index (κ2) is 8.58. The van der Waals surface area contributed by atoms with Gasteiger partial charge in [-0.2, -0.15) is 10.1 Å². The van der Waals surface area contributed by atoms with Crippen LogP contribution in [-0.2, 0) is 9.59 Å². The van der Waals surface area contributed by atoms with Gasteiger partial charge in [-0.15, -0.1) is 10.2 Å². The summed E-state index contributed by atoms with van der Waals surface area (Å²) in [4.78, 5) is 24.3. The zero-order chi connectivity index (χ0) is 20.2. The summed E-state index contributed by atoms with van der Waals surface area (Å²) in [5.74, 6) is 0.232. The van der Waals surface area contributed by atoms with Crippen LogP contribution in [0.3, 0.4) is 0 Å². The van der Waals surface area contributed by atoms with E-state index in [0.717, 1.165) is 21.8 Å². The largest absolute Gasteiger partial charge is 0.411 e. The third-order valence-electron chi connectivity index (χ3n) is 3.86. The molecule has 2 heterocycles. The zero-order valence-electron chi connectivity index (χ0n) is 14.9. The van der Waals surface area contributed by atoms with Gasteiger partial charge in [-0.05, 0) is 30.3 Å². The minimum absolute atomic E-state index is 0.0406. The Morgan fingerprint density at radius 2 is 2.00 bits per heavy atom. The van der Waals surface area contributed by atoms with Crippen molar-refractivity contribution in [1.82, 2.24) is 15.5 Å². The molecule has 2 aromatic carbocycles. The third kappa shape index (κ3) is 4.72. The van der Waals surface area contributed by atoms with Gasteiger partial charge >= 0.3 is 0 Å². The van der Waals surface area contributed by atoms with Crippen LogP contribution in [0.4, 0.5) is 5.69 Å². The number of para-hydroxylation sites is 1. The summed E-state index contributed by atoms with van der Waals surface area (Å²) in [6.07, 6.45) is 0.0406. The maximum atomic E-state index is 12.2. The highest BCUT2D eigenvalue weighted by Gasteiger charge is 2.26. The maximum Gasteiger partial charge on any atom is 0.277 e. The van der Waals surface area contributed by atoms with E-state index in [2.05, 4.69) is 36.5 Å². The number of anilines is 1. The fourth-order valence-corrected chi connectivity index (χ4v) is 3.56. The molecule has 146 valence electrons. The van der Waals surface area contributed by atoms with E-state index in [1.54, 1.807) is 12.1 Å². The molecule has 0 saturated heterocycles. The number of carbonyl (C=O) groups excluding carboxylic acids is 2. The van der Waals surface area contributed by atoms with Crippen LogP contribution >= 0.6 is 27.7 Å². The van der Waals surface area contributed by atoms with Crippen molar-refractivity contribution in [2.45, 2.75) is 11.6 Å². The van der Waals surface area contributed by atoms with Gasteiger partial charge < -0.3 is 9.73 Å². The first-order chi connectivity index (χ1) is 14.1. The number of benzene rings is 2. The molecule has 3 aromatic rings. The number of amides is 2. The summed E-state index contributed by atoms with van der Waals surface area (Å²) in [6.45, 7) is 0. The number of nitrogens with zero attached hydrogens (tertiary/aromatic N) is 4. The number of amidine groups is 1. The van der Waals surface area contributed by atoms with Crippen LogP contribution < -0.4 is 10.3 Å². The highest BCUT2D eigenvalue weighted by atomic mass is 79.9. The first-order valence-electron chi connectivity index (χ1n) is 8.56. The number of hydrogen-bond acceptors (Lipinski definition) is 7. The average Bonchev–Trinajstić information content (AvgIpc) is 3.34. The lowest BCUT2D eigenvalue weighted by Crippen LogP contribution is -2.31. The maximum absolute atomic E-state index is 12.2. The van der Waals surface area contributed by atoms with Gasteiger partial charge in [0.25, 0.3) is 11.1 Å². The normalized spacial score (nSPS) is 13.5. The van der Waals surface area contributed by atoms with E-state index in [4.69, 9.17) is 4.42 Å². The summed E-state index contributed by atoms with van der Waals surface area (Å²) in [7, 11) is 0. The summed E-state index contributed by atoms with van der Waals surface area (Å²) in [5, 5.41) is 16.4. The molecule has 1 aliphatic heterocycles. The van der Waals surface area contributed by atoms with E-state index in [1.807, 2.05) is 42.5 Å². The number of aromatic nitrogens is 2. The molecule has 8 nitrogen and oxygen atoms in total. The minimum atomic E-state index is -0.307. The van der Waals surface area contributed by atoms with Crippen molar-refractivity contribution < 1.29 is 14.0 Å². The SMILES string of the molecule is O=C(CSc1nnc(-c2cccc(Br)c2)o1)NC1=NN(c2ccccc2)C(=O)C1. The molecule has 4 rings (SSSR count). The smallest absolute Gasteiger partial charge is 0.277 e. The van der Waals surface area contributed by atoms with Crippen molar-refractivity contribution in [2.75, 3.05) is 10.8 Å². The van der Waals surface area contributed by atoms with Gasteiger partial charge in [-0.25, -0.2) is 0 Å². The molecule has 0 spiro atoms. The summed E-state index contributed by atoms with van der Waals surface area (Å²) in [6, 6.07) is 16.5. The molecule has 0 unspecified atom stereocenters. The van der Waals surface area contributed by atoms with E-state index >= 15 is 0 Å². The Morgan fingerprint density at radius 3 is 2.79 bits per heavy atom. The number of rotatable bonds is 5. The van der Waals surface area contributed by atoms with Gasteiger partial charge in [-0.3, -0.25) is 9.59 Å². The lowest BCUT2D eigenvalue weighted by molar-refractivity contribution is -0.117. The molecule has 0 saturated carbocycles. The Labute approximate surface area is 178 Å². The van der Waals surface area contributed by atoms with Crippen LogP contribution in [0, 0.1) is 0 Å². The van der Waals surface area contributed by atoms with E-state index in [-0.39, 0.29) is 29.2 Å². The van der Waals surface area contributed by atoms with Gasteiger partial charge in [0.1, 0.15) is 5.84 Å². The van der Waals surface area contributed by atoms with E-state index in [1.165, 1.54) is 5.01 Å². The first-order valence-corrected chi connectivity index (χ1v) is 10.3. The Balaban J connectivity index is 1.33. The molecule has 0 aliphatic carbocycles. The van der Waals surface area contributed by atoms with Crippen molar-refractivity contribution >= 4 is 51.0 Å². The molecule has 0 fully saturated rings. The van der Waals surface area contributed by atoms with Gasteiger partial charge in [0.05, 0.1) is 17.9 Å². The van der Waals surface area contributed by atoms with Crippen molar-refractivity contribution in [3.05, 3.63) is 59.1 Å². The molecule has 0 radical (unpaired) electrons. The lowest BCUT2D eigenvalue weighted by Gasteiger charge is -2.10. The Bertz CT molecular complexity index is 1090. The molecule has 1 aromatic heterocycles. The molecule has 2 amide bonds. The second-order valence-electron chi connectivity index (χ2n) is 5.98. The summed E-state index contributed by atoms with van der Waals surface area (Å²) < 4.78 is 6.49. The van der Waals surface area contributed by atoms with Gasteiger partial charge in [0.2, 0.25) is 11.8 Å². The van der Waals surface area contributed by atoms with Crippen molar-refractivity contribution in [3.63, 3.8) is 0 Å². The Morgan fingerprint density at radius 1 is 1.17 bits per heavy atom. The number of thioether (sulfide) groups is 1. The standard InChI is InChI=1S/C19H14BrN5O3S/c20-13-6-4-5-12(9-13)18-22-23-19(28-18)29-11-16(26)21-15-10-17(27)25(24-15)14-7-2-1-3-8-14/h1-9H,10-11H2,(H,21,24,26). The number of hydrazone groups is 1. The van der Waals surface area contributed by atoms with Gasteiger partial charge in [0, 0.05) is 10.0 Å². The summed E-state index contributed by atoms with van der Waals surface area (Å²) in [5.41, 5.74) is 1.44. The van der Waals surface area contributed by atoms with Gasteiger partial charge in [0.15, 0.2) is 0 Å². The third-order valence-corrected chi connectivity index (χ3v) is 5.18. The molecular weight excluding hydrogens is 458 g/mol. The predicted molar refractivity (Wildman–Crippen MR) is 112 cm³/mol. The second-order valence-corrected chi connectivity index (χ2v) is 7.83. The lowest BCUT2D eigenvalue weighted by atomic mass is 10.2. The minimum Gasteiger partial charge on any atom is -0.411 e. The Kier molecular flexibility index (Phi) is 5.72. The van der Waals surface area contributed by atoms with Crippen LogP contribution in [0.25, 0.3) is 11.5 Å². The van der Waals surface area contributed by atoms with Crippen molar-refractivity contribution in [1.29, 1.82) is 0 Å². The van der Waals surface area contributed by atoms with Crippen LogP contribution in [0.5, 0.6) is 0 Å².